The van der Waals surface area contributed by atoms with Crippen LogP contribution in [-0.4, -0.2) is 52.9 Å². The zero-order valence-corrected chi connectivity index (χ0v) is 11.6. The molecule has 5 nitrogen and oxygen atoms in total. The lowest BCUT2D eigenvalue weighted by molar-refractivity contribution is 0.0574. The maximum Gasteiger partial charge on any atom is 0.270 e. The molecule has 19 heavy (non-hydrogen) atoms. The van der Waals surface area contributed by atoms with E-state index in [1.54, 1.807) is 12.1 Å². The Morgan fingerprint density at radius 2 is 2.00 bits per heavy atom. The SMILES string of the molecule is CCC(C)N1CCN(C(=O)c2cccc(=O)[nH]2)CC1. The summed E-state index contributed by atoms with van der Waals surface area (Å²) in [7, 11) is 0. The first-order valence-corrected chi connectivity index (χ1v) is 6.84. The second kappa shape index (κ2) is 6.02. The van der Waals surface area contributed by atoms with Gasteiger partial charge in [0.2, 0.25) is 5.56 Å². The number of amides is 1. The molecule has 5 heteroatoms. The minimum atomic E-state index is -0.232. The summed E-state index contributed by atoms with van der Waals surface area (Å²) < 4.78 is 0. The fraction of sp³-hybridized carbons (Fsp3) is 0.571. The predicted octanol–water partition coefficient (Wildman–Crippen LogP) is 0.931. The molecular weight excluding hydrogens is 242 g/mol. The Morgan fingerprint density at radius 3 is 2.58 bits per heavy atom. The highest BCUT2D eigenvalue weighted by Gasteiger charge is 2.24. The molecule has 0 saturated carbocycles. The molecule has 0 aliphatic carbocycles. The Bertz CT molecular complexity index is 489. The van der Waals surface area contributed by atoms with Gasteiger partial charge in [0.05, 0.1) is 0 Å². The number of aromatic nitrogens is 1. The van der Waals surface area contributed by atoms with Crippen molar-refractivity contribution < 1.29 is 4.79 Å². The maximum absolute atomic E-state index is 12.2. The molecule has 0 radical (unpaired) electrons. The minimum Gasteiger partial charge on any atom is -0.335 e. The van der Waals surface area contributed by atoms with E-state index >= 15 is 0 Å². The van der Waals surface area contributed by atoms with Crippen molar-refractivity contribution in [1.29, 1.82) is 0 Å². The maximum atomic E-state index is 12.2. The van der Waals surface area contributed by atoms with Crippen LogP contribution in [-0.2, 0) is 0 Å². The van der Waals surface area contributed by atoms with E-state index in [1.807, 2.05) is 4.90 Å². The largest absolute Gasteiger partial charge is 0.335 e. The topological polar surface area (TPSA) is 56.4 Å². The Morgan fingerprint density at radius 1 is 1.32 bits per heavy atom. The smallest absolute Gasteiger partial charge is 0.270 e. The summed E-state index contributed by atoms with van der Waals surface area (Å²) in [5, 5.41) is 0. The van der Waals surface area contributed by atoms with Crippen molar-refractivity contribution in [2.75, 3.05) is 26.2 Å². The van der Waals surface area contributed by atoms with Gasteiger partial charge in [-0.3, -0.25) is 14.5 Å². The van der Waals surface area contributed by atoms with Crippen molar-refractivity contribution in [2.24, 2.45) is 0 Å². The summed E-state index contributed by atoms with van der Waals surface area (Å²) in [6.45, 7) is 7.64. The van der Waals surface area contributed by atoms with Crippen LogP contribution in [0.25, 0.3) is 0 Å². The number of carbonyl (C=O) groups is 1. The average molecular weight is 263 g/mol. The summed E-state index contributed by atoms with van der Waals surface area (Å²) >= 11 is 0. The van der Waals surface area contributed by atoms with Gasteiger partial charge in [-0.1, -0.05) is 13.0 Å². The van der Waals surface area contributed by atoms with Crippen molar-refractivity contribution in [2.45, 2.75) is 26.3 Å². The van der Waals surface area contributed by atoms with Crippen LogP contribution in [0.1, 0.15) is 30.8 Å². The number of pyridine rings is 1. The van der Waals surface area contributed by atoms with Gasteiger partial charge in [0.1, 0.15) is 5.69 Å². The van der Waals surface area contributed by atoms with E-state index in [1.165, 1.54) is 6.07 Å². The minimum absolute atomic E-state index is 0.0819. The molecule has 1 unspecified atom stereocenters. The molecule has 1 aliphatic rings. The van der Waals surface area contributed by atoms with Crippen molar-refractivity contribution in [3.63, 3.8) is 0 Å². The molecule has 1 saturated heterocycles. The van der Waals surface area contributed by atoms with Gasteiger partial charge in [0.15, 0.2) is 0 Å². The van der Waals surface area contributed by atoms with E-state index in [2.05, 4.69) is 23.7 Å². The van der Waals surface area contributed by atoms with Gasteiger partial charge in [-0.05, 0) is 19.4 Å². The monoisotopic (exact) mass is 263 g/mol. The van der Waals surface area contributed by atoms with Crippen LogP contribution >= 0.6 is 0 Å². The Labute approximate surface area is 113 Å². The number of nitrogens with zero attached hydrogens (tertiary/aromatic N) is 2. The average Bonchev–Trinajstić information content (AvgIpc) is 2.46. The lowest BCUT2D eigenvalue weighted by Gasteiger charge is -2.37. The molecule has 1 aromatic rings. The summed E-state index contributed by atoms with van der Waals surface area (Å²) in [5.74, 6) is -0.0819. The molecule has 0 bridgehead atoms. The van der Waals surface area contributed by atoms with E-state index in [4.69, 9.17) is 0 Å². The normalized spacial score (nSPS) is 18.3. The summed E-state index contributed by atoms with van der Waals surface area (Å²) in [6.07, 6.45) is 1.12. The molecular formula is C14H21N3O2. The first kappa shape index (κ1) is 13.8. The van der Waals surface area contributed by atoms with Crippen LogP contribution in [0.5, 0.6) is 0 Å². The second-order valence-corrected chi connectivity index (χ2v) is 5.01. The third-order valence-corrected chi connectivity index (χ3v) is 3.81. The molecule has 2 rings (SSSR count). The molecule has 0 aromatic carbocycles. The van der Waals surface area contributed by atoms with Gasteiger partial charge in [0.25, 0.3) is 5.91 Å². The number of carbonyl (C=O) groups excluding carboxylic acids is 1. The molecule has 1 fully saturated rings. The third-order valence-electron chi connectivity index (χ3n) is 3.81. The number of hydrogen-bond acceptors (Lipinski definition) is 3. The Hall–Kier alpha value is -1.62. The molecule has 1 amide bonds. The Balaban J connectivity index is 1.98. The number of rotatable bonds is 3. The van der Waals surface area contributed by atoms with E-state index in [-0.39, 0.29) is 11.5 Å². The van der Waals surface area contributed by atoms with Crippen molar-refractivity contribution in [1.82, 2.24) is 14.8 Å². The van der Waals surface area contributed by atoms with Crippen LogP contribution in [0.15, 0.2) is 23.0 Å². The van der Waals surface area contributed by atoms with Gasteiger partial charge in [0, 0.05) is 38.3 Å². The van der Waals surface area contributed by atoms with Gasteiger partial charge in [-0.2, -0.15) is 0 Å². The van der Waals surface area contributed by atoms with E-state index in [0.29, 0.717) is 11.7 Å². The van der Waals surface area contributed by atoms with Crippen LogP contribution in [0.2, 0.25) is 0 Å². The first-order valence-electron chi connectivity index (χ1n) is 6.84. The van der Waals surface area contributed by atoms with Crippen LogP contribution in [0.4, 0.5) is 0 Å². The summed E-state index contributed by atoms with van der Waals surface area (Å²) in [6, 6.07) is 5.25. The highest BCUT2D eigenvalue weighted by atomic mass is 16.2. The number of nitrogens with one attached hydrogen (secondary N) is 1. The van der Waals surface area contributed by atoms with Gasteiger partial charge >= 0.3 is 0 Å². The van der Waals surface area contributed by atoms with E-state index < -0.39 is 0 Å². The van der Waals surface area contributed by atoms with E-state index in [0.717, 1.165) is 32.6 Å². The highest BCUT2D eigenvalue weighted by Crippen LogP contribution is 2.10. The lowest BCUT2D eigenvalue weighted by atomic mass is 10.2. The Kier molecular flexibility index (Phi) is 4.37. The zero-order chi connectivity index (χ0) is 13.8. The molecule has 1 aromatic heterocycles. The van der Waals surface area contributed by atoms with Crippen molar-refractivity contribution in [3.8, 4) is 0 Å². The molecule has 1 aliphatic heterocycles. The van der Waals surface area contributed by atoms with Crippen molar-refractivity contribution >= 4 is 5.91 Å². The van der Waals surface area contributed by atoms with Gasteiger partial charge in [-0.15, -0.1) is 0 Å². The fourth-order valence-electron chi connectivity index (χ4n) is 2.37. The highest BCUT2D eigenvalue weighted by molar-refractivity contribution is 5.92. The van der Waals surface area contributed by atoms with E-state index in [9.17, 15) is 9.59 Å². The lowest BCUT2D eigenvalue weighted by Crippen LogP contribution is -2.51. The first-order chi connectivity index (χ1) is 9.11. The third kappa shape index (κ3) is 3.23. The zero-order valence-electron chi connectivity index (χ0n) is 11.6. The quantitative estimate of drug-likeness (QED) is 0.882. The molecule has 1 atom stereocenters. The predicted molar refractivity (Wildman–Crippen MR) is 74.3 cm³/mol. The fourth-order valence-corrected chi connectivity index (χ4v) is 2.37. The molecule has 104 valence electrons. The number of hydrogen-bond donors (Lipinski definition) is 1. The molecule has 2 heterocycles. The summed E-state index contributed by atoms with van der Waals surface area (Å²) in [4.78, 5) is 30.3. The van der Waals surface area contributed by atoms with Crippen molar-refractivity contribution in [3.05, 3.63) is 34.2 Å². The van der Waals surface area contributed by atoms with Crippen LogP contribution in [0, 0.1) is 0 Å². The number of H-pyrrole nitrogens is 1. The molecule has 0 spiro atoms. The number of piperazine rings is 1. The molecule has 1 N–H and O–H groups in total. The van der Waals surface area contributed by atoms with Crippen LogP contribution in [0.3, 0.4) is 0 Å². The second-order valence-electron chi connectivity index (χ2n) is 5.01. The van der Waals surface area contributed by atoms with Gasteiger partial charge in [-0.25, -0.2) is 0 Å². The summed E-state index contributed by atoms with van der Waals surface area (Å²) in [5.41, 5.74) is 0.147. The number of aromatic amines is 1. The van der Waals surface area contributed by atoms with Gasteiger partial charge < -0.3 is 9.88 Å². The van der Waals surface area contributed by atoms with Crippen LogP contribution < -0.4 is 5.56 Å². The standard InChI is InChI=1S/C14H21N3O2/c1-3-11(2)16-7-9-17(10-8-16)14(19)12-5-4-6-13(18)15-12/h4-6,11H,3,7-10H2,1-2H3,(H,15,18).